The van der Waals surface area contributed by atoms with E-state index in [4.69, 9.17) is 4.74 Å². The minimum Gasteiger partial charge on any atom is -0.447 e. The highest BCUT2D eigenvalue weighted by Gasteiger charge is 2.61. The summed E-state index contributed by atoms with van der Waals surface area (Å²) >= 11 is 0. The van der Waals surface area contributed by atoms with Gasteiger partial charge in [-0.15, -0.1) is 0 Å². The zero-order valence-corrected chi connectivity index (χ0v) is 25.7. The van der Waals surface area contributed by atoms with Gasteiger partial charge in [0.25, 0.3) is 11.8 Å². The second-order valence-corrected chi connectivity index (χ2v) is 12.8. The molecule has 43 heavy (non-hydrogen) atoms. The van der Waals surface area contributed by atoms with E-state index in [1.165, 1.54) is 0 Å². The van der Waals surface area contributed by atoms with Crippen LogP contribution in [0.25, 0.3) is 0 Å². The zero-order chi connectivity index (χ0) is 32.1. The third kappa shape index (κ3) is 8.29. The molecule has 1 aliphatic heterocycles. The smallest absolute Gasteiger partial charge is 0.408 e. The minimum absolute atomic E-state index is 0.00644. The minimum atomic E-state index is -3.09. The number of nitrogens with zero attached hydrogens (tertiary/aromatic N) is 1. The highest BCUT2D eigenvalue weighted by atomic mass is 19.3. The highest BCUT2D eigenvalue weighted by Crippen LogP contribution is 2.51. The Balaban J connectivity index is 1.84. The number of fused-ring (bicyclic) bond motifs is 1. The van der Waals surface area contributed by atoms with Crippen LogP contribution < -0.4 is 16.0 Å². The van der Waals surface area contributed by atoms with Crippen LogP contribution in [-0.4, -0.2) is 71.2 Å². The van der Waals surface area contributed by atoms with Gasteiger partial charge in [-0.3, -0.25) is 19.2 Å². The third-order valence-electron chi connectivity index (χ3n) is 8.00. The normalized spacial score (nSPS) is 22.3. The van der Waals surface area contributed by atoms with Gasteiger partial charge in [0.2, 0.25) is 17.6 Å². The summed E-state index contributed by atoms with van der Waals surface area (Å²) in [5, 5.41) is 7.72. The molecule has 3 rings (SSSR count). The van der Waals surface area contributed by atoms with E-state index < -0.39 is 83.4 Å². The molecule has 0 aromatic heterocycles. The Kier molecular flexibility index (Phi) is 10.9. The number of ketones is 1. The Hall–Kier alpha value is -3.57. The summed E-state index contributed by atoms with van der Waals surface area (Å²) in [6.45, 7) is 9.92. The maximum absolute atomic E-state index is 14.9. The quantitative estimate of drug-likeness (QED) is 0.330. The molecule has 1 saturated carbocycles. The summed E-state index contributed by atoms with van der Waals surface area (Å²) in [7, 11) is 0. The summed E-state index contributed by atoms with van der Waals surface area (Å²) in [6.07, 6.45) is -1.13. The van der Waals surface area contributed by atoms with E-state index in [0.29, 0.717) is 6.42 Å². The van der Waals surface area contributed by atoms with Crippen molar-refractivity contribution in [2.24, 2.45) is 17.3 Å². The zero-order valence-electron chi connectivity index (χ0n) is 25.7. The first kappa shape index (κ1) is 33.9. The van der Waals surface area contributed by atoms with Crippen molar-refractivity contribution in [2.45, 2.75) is 104 Å². The molecule has 1 aromatic rings. The fraction of sp³-hybridized carbons (Fsp3) is 0.645. The topological polar surface area (TPSA) is 134 Å². The van der Waals surface area contributed by atoms with Crippen LogP contribution in [0.3, 0.4) is 0 Å². The Morgan fingerprint density at radius 2 is 1.72 bits per heavy atom. The number of carbonyl (C=O) groups is 5. The number of alkyl halides is 2. The van der Waals surface area contributed by atoms with Gasteiger partial charge in [0, 0.05) is 25.4 Å². The van der Waals surface area contributed by atoms with E-state index in [0.717, 1.165) is 10.5 Å². The molecule has 1 aliphatic carbocycles. The first-order valence-corrected chi connectivity index (χ1v) is 14.9. The van der Waals surface area contributed by atoms with E-state index >= 15 is 0 Å². The molecule has 1 aromatic carbocycles. The van der Waals surface area contributed by atoms with Crippen molar-refractivity contribution < 1.29 is 37.5 Å². The van der Waals surface area contributed by atoms with Gasteiger partial charge >= 0.3 is 6.09 Å². The van der Waals surface area contributed by atoms with Gasteiger partial charge in [-0.05, 0) is 43.6 Å². The van der Waals surface area contributed by atoms with Gasteiger partial charge in [0.05, 0.1) is 12.1 Å². The lowest BCUT2D eigenvalue weighted by Crippen LogP contribution is -2.60. The van der Waals surface area contributed by atoms with Crippen molar-refractivity contribution in [3.8, 4) is 0 Å². The van der Waals surface area contributed by atoms with E-state index in [1.54, 1.807) is 65.8 Å². The monoisotopic (exact) mass is 606 g/mol. The molecule has 238 valence electrons. The summed E-state index contributed by atoms with van der Waals surface area (Å²) in [5.74, 6) is -8.42. The number of benzene rings is 1. The predicted molar refractivity (Wildman–Crippen MR) is 155 cm³/mol. The summed E-state index contributed by atoms with van der Waals surface area (Å²) in [6, 6.07) is 5.30. The molecular formula is C31H44F2N4O6. The van der Waals surface area contributed by atoms with Crippen LogP contribution in [0, 0.1) is 17.3 Å². The number of carbonyl (C=O) groups excluding carboxylic acids is 5. The molecule has 2 unspecified atom stereocenters. The van der Waals surface area contributed by atoms with Gasteiger partial charge in [0.1, 0.15) is 12.1 Å². The highest BCUT2D eigenvalue weighted by molar-refractivity contribution is 6.38. The van der Waals surface area contributed by atoms with Gasteiger partial charge in [-0.2, -0.15) is 0 Å². The van der Waals surface area contributed by atoms with Crippen LogP contribution in [-0.2, 0) is 30.5 Å². The molecule has 0 radical (unpaired) electrons. The molecule has 10 nitrogen and oxygen atoms in total. The van der Waals surface area contributed by atoms with Crippen LogP contribution in [0.4, 0.5) is 13.6 Å². The lowest BCUT2D eigenvalue weighted by molar-refractivity contribution is -0.145. The lowest BCUT2D eigenvalue weighted by Gasteiger charge is -2.36. The lowest BCUT2D eigenvalue weighted by atomic mass is 9.85. The van der Waals surface area contributed by atoms with Gasteiger partial charge < -0.3 is 25.6 Å². The van der Waals surface area contributed by atoms with Crippen LogP contribution in [0.1, 0.15) is 72.8 Å². The number of alkyl carbamates (subject to hydrolysis) is 1. The maximum atomic E-state index is 14.9. The summed E-state index contributed by atoms with van der Waals surface area (Å²) in [4.78, 5) is 67.2. The Morgan fingerprint density at radius 3 is 2.30 bits per heavy atom. The molecule has 0 spiro atoms. The van der Waals surface area contributed by atoms with Crippen molar-refractivity contribution in [1.82, 2.24) is 20.9 Å². The average Bonchev–Trinajstić information content (AvgIpc) is 3.46. The van der Waals surface area contributed by atoms with Crippen molar-refractivity contribution in [2.75, 3.05) is 6.54 Å². The number of hydrogen-bond donors (Lipinski definition) is 3. The second kappa shape index (κ2) is 13.8. The molecule has 1 heterocycles. The van der Waals surface area contributed by atoms with Gasteiger partial charge in [0.15, 0.2) is 0 Å². The Labute approximate surface area is 251 Å². The van der Waals surface area contributed by atoms with Crippen LogP contribution in [0.15, 0.2) is 30.3 Å². The first-order valence-electron chi connectivity index (χ1n) is 14.9. The molecule has 3 N–H and O–H groups in total. The molecule has 5 atom stereocenters. The van der Waals surface area contributed by atoms with Crippen LogP contribution in [0.2, 0.25) is 0 Å². The number of rotatable bonds is 11. The summed E-state index contributed by atoms with van der Waals surface area (Å²) in [5.41, 5.74) is -0.0707. The number of nitrogens with one attached hydrogen (secondary N) is 3. The number of ether oxygens (including phenoxy) is 1. The van der Waals surface area contributed by atoms with Crippen molar-refractivity contribution in [1.29, 1.82) is 0 Å². The average molecular weight is 607 g/mol. The standard InChI is InChI=1S/C31H44F2N4O6/c1-7-11-22(24(38)27(40)34-16-19-12-9-8-10-13-19)35-26(39)23-20-14-15-31(32,33)21(20)17-37(23)28(41)25(30(4,5)6)36-29(42)43-18(2)3/h8-10,12-13,18,20-23,25H,7,11,14-17H2,1-6H3,(H,34,40)(H,35,39)(H,36,42)/t20-,21-,22?,23?,25+/m0/s1. The van der Waals surface area contributed by atoms with E-state index in [9.17, 15) is 32.8 Å². The van der Waals surface area contributed by atoms with Gasteiger partial charge in [-0.25, -0.2) is 13.6 Å². The first-order chi connectivity index (χ1) is 20.1. The van der Waals surface area contributed by atoms with Gasteiger partial charge in [-0.1, -0.05) is 64.4 Å². The number of amides is 4. The number of likely N-dealkylation sites (tertiary alicyclic amines) is 1. The SMILES string of the molecule is CCCC(NC(=O)C1[C@H]2CCC(F)(F)[C@H]2CN1C(=O)[C@@H](NC(=O)OC(C)C)C(C)(C)C)C(=O)C(=O)NCc1ccccc1. The molecule has 0 bridgehead atoms. The fourth-order valence-electron chi connectivity index (χ4n) is 5.84. The molecule has 1 saturated heterocycles. The van der Waals surface area contributed by atoms with Crippen molar-refractivity contribution in [3.05, 3.63) is 35.9 Å². The van der Waals surface area contributed by atoms with Crippen LogP contribution >= 0.6 is 0 Å². The molecule has 4 amide bonds. The number of Topliss-reactive ketones (excluding diaryl/α,β-unsaturated/α-hetero) is 1. The Morgan fingerprint density at radius 1 is 1.07 bits per heavy atom. The van der Waals surface area contributed by atoms with E-state index in [2.05, 4.69) is 16.0 Å². The van der Waals surface area contributed by atoms with Crippen LogP contribution in [0.5, 0.6) is 0 Å². The molecule has 2 fully saturated rings. The second-order valence-electron chi connectivity index (χ2n) is 12.8. The molecular weight excluding hydrogens is 562 g/mol. The third-order valence-corrected chi connectivity index (χ3v) is 8.00. The fourth-order valence-corrected chi connectivity index (χ4v) is 5.84. The number of halogens is 2. The number of hydrogen-bond acceptors (Lipinski definition) is 6. The predicted octanol–water partition coefficient (Wildman–Crippen LogP) is 3.58. The van der Waals surface area contributed by atoms with Crippen molar-refractivity contribution >= 4 is 29.6 Å². The van der Waals surface area contributed by atoms with E-state index in [-0.39, 0.29) is 25.9 Å². The maximum Gasteiger partial charge on any atom is 0.408 e. The largest absolute Gasteiger partial charge is 0.447 e. The summed E-state index contributed by atoms with van der Waals surface area (Å²) < 4.78 is 35.0. The molecule has 2 aliphatic rings. The van der Waals surface area contributed by atoms with Crippen molar-refractivity contribution in [3.63, 3.8) is 0 Å². The van der Waals surface area contributed by atoms with E-state index in [1.807, 2.05) is 6.07 Å². The molecule has 12 heteroatoms. The Bertz CT molecular complexity index is 1190.